The second-order valence-corrected chi connectivity index (χ2v) is 9.16. The molecule has 2 aromatic carbocycles. The summed E-state index contributed by atoms with van der Waals surface area (Å²) >= 11 is 12.4. The van der Waals surface area contributed by atoms with Crippen LogP contribution in [-0.4, -0.2) is 36.9 Å². The maximum Gasteiger partial charge on any atom is 0.341 e. The van der Waals surface area contributed by atoms with E-state index in [-0.39, 0.29) is 12.0 Å². The van der Waals surface area contributed by atoms with Gasteiger partial charge in [-0.2, -0.15) is 0 Å². The molecule has 3 aliphatic rings. The first-order valence-corrected chi connectivity index (χ1v) is 10.9. The smallest absolute Gasteiger partial charge is 0.341 e. The van der Waals surface area contributed by atoms with E-state index in [0.29, 0.717) is 10.9 Å². The van der Waals surface area contributed by atoms with Crippen molar-refractivity contribution in [2.45, 2.75) is 30.8 Å². The van der Waals surface area contributed by atoms with E-state index in [2.05, 4.69) is 11.0 Å². The number of fused-ring (bicyclic) bond motifs is 1. The summed E-state index contributed by atoms with van der Waals surface area (Å²) in [6, 6.07) is 13.0. The molecule has 5 rings (SSSR count). The summed E-state index contributed by atoms with van der Waals surface area (Å²) in [5, 5.41) is 1.34. The van der Waals surface area contributed by atoms with Gasteiger partial charge in [-0.15, -0.1) is 0 Å². The number of ether oxygens (including phenoxy) is 1. The Bertz CT molecular complexity index is 1060. The zero-order valence-corrected chi connectivity index (χ0v) is 18.2. The molecule has 4 nitrogen and oxygen atoms in total. The van der Waals surface area contributed by atoms with Gasteiger partial charge in [0.2, 0.25) is 5.54 Å². The van der Waals surface area contributed by atoms with Crippen LogP contribution in [0.5, 0.6) is 0 Å². The lowest BCUT2D eigenvalue weighted by Gasteiger charge is -2.36. The summed E-state index contributed by atoms with van der Waals surface area (Å²) in [6.45, 7) is 0.884. The van der Waals surface area contributed by atoms with Crippen molar-refractivity contribution >= 4 is 41.6 Å². The van der Waals surface area contributed by atoms with Crippen LogP contribution in [-0.2, 0) is 21.5 Å². The van der Waals surface area contributed by atoms with Crippen molar-refractivity contribution in [1.82, 2.24) is 4.90 Å². The summed E-state index contributed by atoms with van der Waals surface area (Å²) in [6.07, 6.45) is 7.19. The van der Waals surface area contributed by atoms with Crippen LogP contribution in [0.25, 0.3) is 6.08 Å². The molecule has 0 aromatic heterocycles. The third-order valence-electron chi connectivity index (χ3n) is 6.28. The van der Waals surface area contributed by atoms with E-state index in [0.717, 1.165) is 34.7 Å². The van der Waals surface area contributed by atoms with Gasteiger partial charge in [-0.05, 0) is 71.7 Å². The van der Waals surface area contributed by atoms with Gasteiger partial charge in [0.1, 0.15) is 0 Å². The lowest BCUT2D eigenvalue weighted by molar-refractivity contribution is -0.148. The van der Waals surface area contributed by atoms with Gasteiger partial charge >= 0.3 is 5.97 Å². The van der Waals surface area contributed by atoms with Gasteiger partial charge in [-0.1, -0.05) is 47.5 Å². The van der Waals surface area contributed by atoms with Crippen molar-refractivity contribution in [3.05, 3.63) is 74.8 Å². The van der Waals surface area contributed by atoms with E-state index >= 15 is 0 Å². The second-order valence-electron chi connectivity index (χ2n) is 8.29. The van der Waals surface area contributed by atoms with Gasteiger partial charge in [0.25, 0.3) is 0 Å². The van der Waals surface area contributed by atoms with E-state index < -0.39 is 5.54 Å². The number of hydrogen-bond donors (Lipinski definition) is 0. The first kappa shape index (κ1) is 19.7. The van der Waals surface area contributed by atoms with Crippen LogP contribution in [0, 0.1) is 5.92 Å². The number of rotatable bonds is 5. The van der Waals surface area contributed by atoms with Crippen LogP contribution in [0.15, 0.2) is 53.0 Å². The molecular formula is C24H22Cl2N2O2. The van der Waals surface area contributed by atoms with Crippen LogP contribution >= 0.6 is 23.2 Å². The Hall–Kier alpha value is -2.30. The SMILES string of the molecule is COC(=O)C1(c2ccc(Cl)cc2)N=CN(CC2CC2)C1C1=Cc2ccc(Cl)cc2C1. The number of halogens is 2. The Morgan fingerprint density at radius 3 is 2.60 bits per heavy atom. The van der Waals surface area contributed by atoms with E-state index in [1.807, 2.05) is 36.7 Å². The van der Waals surface area contributed by atoms with Gasteiger partial charge < -0.3 is 9.64 Å². The number of aliphatic imine (C=N–C) groups is 1. The zero-order valence-electron chi connectivity index (χ0n) is 16.6. The Labute approximate surface area is 186 Å². The largest absolute Gasteiger partial charge is 0.467 e. The molecule has 6 heteroatoms. The molecule has 1 saturated carbocycles. The molecule has 0 bridgehead atoms. The average Bonchev–Trinajstić information content (AvgIpc) is 3.34. The topological polar surface area (TPSA) is 41.9 Å². The summed E-state index contributed by atoms with van der Waals surface area (Å²) in [5.74, 6) is 0.288. The molecule has 1 heterocycles. The van der Waals surface area contributed by atoms with Crippen LogP contribution in [0.2, 0.25) is 10.0 Å². The second kappa shape index (κ2) is 7.44. The fourth-order valence-electron chi connectivity index (χ4n) is 4.66. The molecule has 0 spiro atoms. The van der Waals surface area contributed by atoms with Crippen LogP contribution in [0.4, 0.5) is 0 Å². The summed E-state index contributed by atoms with van der Waals surface area (Å²) in [4.78, 5) is 20.4. The predicted octanol–water partition coefficient (Wildman–Crippen LogP) is 5.12. The normalized spacial score (nSPS) is 24.7. The van der Waals surface area contributed by atoms with Crippen molar-refractivity contribution in [3.63, 3.8) is 0 Å². The van der Waals surface area contributed by atoms with Crippen molar-refractivity contribution < 1.29 is 9.53 Å². The fraction of sp³-hybridized carbons (Fsp3) is 0.333. The summed E-state index contributed by atoms with van der Waals surface area (Å²) < 4.78 is 5.32. The number of methoxy groups -OCH3 is 1. The molecule has 30 heavy (non-hydrogen) atoms. The molecule has 1 aliphatic heterocycles. The first-order chi connectivity index (χ1) is 14.5. The number of nitrogens with zero attached hydrogens (tertiary/aromatic N) is 2. The van der Waals surface area contributed by atoms with Gasteiger partial charge in [0.05, 0.1) is 19.5 Å². The Morgan fingerprint density at radius 1 is 1.17 bits per heavy atom. The maximum absolute atomic E-state index is 13.3. The number of carbonyl (C=O) groups excluding carboxylic acids is 1. The lowest BCUT2D eigenvalue weighted by atomic mass is 9.79. The molecule has 154 valence electrons. The average molecular weight is 441 g/mol. The highest BCUT2D eigenvalue weighted by molar-refractivity contribution is 6.31. The van der Waals surface area contributed by atoms with E-state index in [9.17, 15) is 4.79 Å². The Morgan fingerprint density at radius 2 is 1.90 bits per heavy atom. The van der Waals surface area contributed by atoms with Gasteiger partial charge in [-0.3, -0.25) is 0 Å². The van der Waals surface area contributed by atoms with Crippen LogP contribution < -0.4 is 0 Å². The first-order valence-electron chi connectivity index (χ1n) is 10.2. The Balaban J connectivity index is 1.62. The molecule has 0 amide bonds. The fourth-order valence-corrected chi connectivity index (χ4v) is 4.98. The van der Waals surface area contributed by atoms with Crippen molar-refractivity contribution in [3.8, 4) is 0 Å². The molecule has 2 aliphatic carbocycles. The van der Waals surface area contributed by atoms with Crippen molar-refractivity contribution in [1.29, 1.82) is 0 Å². The summed E-state index contributed by atoms with van der Waals surface area (Å²) in [5.41, 5.74) is 3.08. The number of benzene rings is 2. The zero-order chi connectivity index (χ0) is 20.9. The molecule has 0 N–H and O–H groups in total. The number of carbonyl (C=O) groups is 1. The summed E-state index contributed by atoms with van der Waals surface area (Å²) in [7, 11) is 1.42. The molecule has 1 fully saturated rings. The minimum Gasteiger partial charge on any atom is -0.467 e. The van der Waals surface area contributed by atoms with Crippen molar-refractivity contribution in [2.24, 2.45) is 10.9 Å². The highest BCUT2D eigenvalue weighted by Crippen LogP contribution is 2.46. The van der Waals surface area contributed by atoms with E-state index in [4.69, 9.17) is 32.9 Å². The third kappa shape index (κ3) is 3.23. The standard InChI is InChI=1S/C24H22Cl2N2O2/c1-30-23(29)24(19-5-8-20(25)9-6-19)22(28(14-27-24)13-15-2-3-15)18-10-16-4-7-21(26)12-17(16)11-18/h4-10,12,14-15,22H,2-3,11,13H2,1H3. The Kier molecular flexibility index (Phi) is 4.87. The highest BCUT2D eigenvalue weighted by Gasteiger charge is 2.56. The minimum atomic E-state index is -1.16. The molecule has 2 aromatic rings. The minimum absolute atomic E-state index is 0.252. The van der Waals surface area contributed by atoms with Crippen LogP contribution in [0.1, 0.15) is 29.5 Å². The predicted molar refractivity (Wildman–Crippen MR) is 120 cm³/mol. The van der Waals surface area contributed by atoms with E-state index in [1.54, 1.807) is 12.1 Å². The van der Waals surface area contributed by atoms with Gasteiger partial charge in [0, 0.05) is 16.6 Å². The monoisotopic (exact) mass is 440 g/mol. The quantitative estimate of drug-likeness (QED) is 0.605. The number of esters is 1. The highest BCUT2D eigenvalue weighted by atomic mass is 35.5. The molecule has 0 radical (unpaired) electrons. The van der Waals surface area contributed by atoms with E-state index in [1.165, 1.54) is 25.5 Å². The third-order valence-corrected chi connectivity index (χ3v) is 6.76. The van der Waals surface area contributed by atoms with Gasteiger partial charge in [-0.25, -0.2) is 9.79 Å². The van der Waals surface area contributed by atoms with Crippen LogP contribution in [0.3, 0.4) is 0 Å². The molecule has 0 saturated heterocycles. The molecule has 2 unspecified atom stereocenters. The molecule has 2 atom stereocenters. The maximum atomic E-state index is 13.3. The lowest BCUT2D eigenvalue weighted by Crippen LogP contribution is -2.51. The molecular weight excluding hydrogens is 419 g/mol. The van der Waals surface area contributed by atoms with Gasteiger partial charge in [0.15, 0.2) is 0 Å². The number of hydrogen-bond acceptors (Lipinski definition) is 4. The van der Waals surface area contributed by atoms with Crippen molar-refractivity contribution in [2.75, 3.05) is 13.7 Å².